The molecule has 8 atom stereocenters. The second kappa shape index (κ2) is 11.0. The van der Waals surface area contributed by atoms with Crippen LogP contribution in [-0.4, -0.2) is 36.4 Å². The van der Waals surface area contributed by atoms with Crippen molar-refractivity contribution in [1.82, 2.24) is 0 Å². The molecule has 1 saturated heterocycles. The molecule has 8 unspecified atom stereocenters. The van der Waals surface area contributed by atoms with Gasteiger partial charge in [-0.05, 0) is 62.9 Å². The molecule has 0 aromatic rings. The summed E-state index contributed by atoms with van der Waals surface area (Å²) in [6.45, 7) is 12.4. The normalized spacial score (nSPS) is 35.7. The first-order chi connectivity index (χ1) is 15.2. The molecule has 0 saturated carbocycles. The van der Waals surface area contributed by atoms with E-state index in [0.717, 1.165) is 32.1 Å². The molecule has 0 radical (unpaired) electrons. The Kier molecular flexibility index (Phi) is 8.60. The van der Waals surface area contributed by atoms with Crippen LogP contribution in [0.15, 0.2) is 23.8 Å². The standard InChI is InChI=1S/C27H42O5/c1-7-18(5)27(29)32-24-13-17(4)12-20-9-8-19(6)23(26(20)24)11-10-21-14-22(30-16(2)3)15-25(28)31-21/h8-9,12,16-19,21-24,26H,7,10-11,13-15H2,1-6H3. The Labute approximate surface area is 193 Å². The fraction of sp³-hybridized carbons (Fsp3) is 0.778. The van der Waals surface area contributed by atoms with Crippen LogP contribution in [0.1, 0.15) is 80.1 Å². The van der Waals surface area contributed by atoms with E-state index in [4.69, 9.17) is 14.2 Å². The third-order valence-corrected chi connectivity index (χ3v) is 7.38. The van der Waals surface area contributed by atoms with Crippen LogP contribution in [0.25, 0.3) is 0 Å². The van der Waals surface area contributed by atoms with Crippen LogP contribution >= 0.6 is 0 Å². The molecule has 1 aliphatic heterocycles. The zero-order chi connectivity index (χ0) is 23.4. The molecule has 1 fully saturated rings. The molecule has 0 aromatic heterocycles. The minimum Gasteiger partial charge on any atom is -0.462 e. The number of ether oxygens (including phenoxy) is 3. The van der Waals surface area contributed by atoms with Crippen molar-refractivity contribution in [3.63, 3.8) is 0 Å². The number of fused-ring (bicyclic) bond motifs is 1. The molecule has 2 aliphatic carbocycles. The van der Waals surface area contributed by atoms with Gasteiger partial charge in [0.2, 0.25) is 0 Å². The molecular weight excluding hydrogens is 404 g/mol. The van der Waals surface area contributed by atoms with Gasteiger partial charge in [0, 0.05) is 12.3 Å². The second-order valence-electron chi connectivity index (χ2n) is 10.5. The van der Waals surface area contributed by atoms with Crippen molar-refractivity contribution in [2.24, 2.45) is 29.6 Å². The summed E-state index contributed by atoms with van der Waals surface area (Å²) < 4.78 is 17.7. The van der Waals surface area contributed by atoms with Gasteiger partial charge in [-0.3, -0.25) is 9.59 Å². The Morgan fingerprint density at radius 3 is 2.62 bits per heavy atom. The van der Waals surface area contributed by atoms with Gasteiger partial charge in [-0.15, -0.1) is 0 Å². The minimum atomic E-state index is -0.157. The minimum absolute atomic E-state index is 0.0554. The largest absolute Gasteiger partial charge is 0.462 e. The van der Waals surface area contributed by atoms with Gasteiger partial charge in [0.25, 0.3) is 0 Å². The van der Waals surface area contributed by atoms with Gasteiger partial charge >= 0.3 is 11.9 Å². The van der Waals surface area contributed by atoms with Gasteiger partial charge in [0.1, 0.15) is 12.2 Å². The SMILES string of the molecule is CCC(C)C(=O)OC1CC(C)C=C2C=CC(C)C(CCC3CC(OC(C)C)CC(=O)O3)C21. The van der Waals surface area contributed by atoms with E-state index in [1.54, 1.807) is 0 Å². The number of carbonyl (C=O) groups is 2. The number of allylic oxidation sites excluding steroid dienone is 3. The van der Waals surface area contributed by atoms with Gasteiger partial charge in [-0.2, -0.15) is 0 Å². The molecule has 0 aromatic carbocycles. The fourth-order valence-corrected chi connectivity index (χ4v) is 5.54. The van der Waals surface area contributed by atoms with Crippen LogP contribution in [0.3, 0.4) is 0 Å². The van der Waals surface area contributed by atoms with Crippen LogP contribution in [0.5, 0.6) is 0 Å². The highest BCUT2D eigenvalue weighted by molar-refractivity contribution is 5.72. The summed E-state index contributed by atoms with van der Waals surface area (Å²) in [6.07, 6.45) is 11.3. The van der Waals surface area contributed by atoms with Crippen molar-refractivity contribution in [3.05, 3.63) is 23.8 Å². The van der Waals surface area contributed by atoms with E-state index < -0.39 is 0 Å². The molecule has 0 bridgehead atoms. The molecule has 3 aliphatic rings. The first-order valence-electron chi connectivity index (χ1n) is 12.6. The van der Waals surface area contributed by atoms with Crippen LogP contribution in [0.2, 0.25) is 0 Å². The van der Waals surface area contributed by atoms with E-state index >= 15 is 0 Å². The Bertz CT molecular complexity index is 724. The average Bonchev–Trinajstić information content (AvgIpc) is 2.71. The molecule has 1 heterocycles. The van der Waals surface area contributed by atoms with Crippen molar-refractivity contribution in [2.45, 2.75) is 104 Å². The summed E-state index contributed by atoms with van der Waals surface area (Å²) in [5.74, 6) is 1.03. The summed E-state index contributed by atoms with van der Waals surface area (Å²) in [5.41, 5.74) is 1.30. The number of cyclic esters (lactones) is 1. The highest BCUT2D eigenvalue weighted by Gasteiger charge is 2.42. The maximum atomic E-state index is 12.6. The molecule has 0 spiro atoms. The summed E-state index contributed by atoms with van der Waals surface area (Å²) in [6, 6.07) is 0. The van der Waals surface area contributed by atoms with E-state index in [1.165, 1.54) is 5.57 Å². The Morgan fingerprint density at radius 2 is 1.94 bits per heavy atom. The number of esters is 2. The van der Waals surface area contributed by atoms with Gasteiger partial charge in [0.15, 0.2) is 0 Å². The van der Waals surface area contributed by atoms with Crippen molar-refractivity contribution in [1.29, 1.82) is 0 Å². The summed E-state index contributed by atoms with van der Waals surface area (Å²) in [7, 11) is 0. The number of rotatable bonds is 8. The summed E-state index contributed by atoms with van der Waals surface area (Å²) >= 11 is 0. The first kappa shape index (κ1) is 25.0. The maximum absolute atomic E-state index is 12.6. The van der Waals surface area contributed by atoms with Crippen LogP contribution < -0.4 is 0 Å². The Balaban J connectivity index is 1.71. The lowest BCUT2D eigenvalue weighted by Crippen LogP contribution is -2.42. The third-order valence-electron chi connectivity index (χ3n) is 7.38. The van der Waals surface area contributed by atoms with Crippen molar-refractivity contribution in [2.75, 3.05) is 0 Å². The second-order valence-corrected chi connectivity index (χ2v) is 10.5. The van der Waals surface area contributed by atoms with E-state index in [2.05, 4.69) is 32.1 Å². The first-order valence-corrected chi connectivity index (χ1v) is 12.6. The Hall–Kier alpha value is -1.62. The fourth-order valence-electron chi connectivity index (χ4n) is 5.54. The predicted molar refractivity (Wildman–Crippen MR) is 125 cm³/mol. The lowest BCUT2D eigenvalue weighted by molar-refractivity contribution is -0.166. The lowest BCUT2D eigenvalue weighted by atomic mass is 9.65. The zero-order valence-corrected chi connectivity index (χ0v) is 20.7. The molecule has 0 N–H and O–H groups in total. The molecule has 180 valence electrons. The molecule has 5 nitrogen and oxygen atoms in total. The van der Waals surface area contributed by atoms with Crippen molar-refractivity contribution < 1.29 is 23.8 Å². The monoisotopic (exact) mass is 446 g/mol. The number of carbonyl (C=O) groups excluding carboxylic acids is 2. The highest BCUT2D eigenvalue weighted by Crippen LogP contribution is 2.45. The predicted octanol–water partition coefficient (Wildman–Crippen LogP) is 5.63. The quantitative estimate of drug-likeness (QED) is 0.452. The van der Waals surface area contributed by atoms with E-state index in [-0.39, 0.29) is 48.2 Å². The third kappa shape index (κ3) is 6.24. The van der Waals surface area contributed by atoms with E-state index in [1.807, 2.05) is 27.7 Å². The topological polar surface area (TPSA) is 61.8 Å². The van der Waals surface area contributed by atoms with E-state index in [0.29, 0.717) is 24.2 Å². The number of hydrogen-bond donors (Lipinski definition) is 0. The van der Waals surface area contributed by atoms with Gasteiger partial charge in [-0.1, -0.05) is 45.9 Å². The average molecular weight is 447 g/mol. The number of hydrogen-bond acceptors (Lipinski definition) is 5. The maximum Gasteiger partial charge on any atom is 0.308 e. The van der Waals surface area contributed by atoms with Gasteiger partial charge < -0.3 is 14.2 Å². The lowest BCUT2D eigenvalue weighted by Gasteiger charge is -2.43. The van der Waals surface area contributed by atoms with E-state index in [9.17, 15) is 9.59 Å². The molecule has 3 rings (SSSR count). The molecule has 5 heteroatoms. The summed E-state index contributed by atoms with van der Waals surface area (Å²) in [5, 5.41) is 0. The van der Waals surface area contributed by atoms with Gasteiger partial charge in [-0.25, -0.2) is 0 Å². The van der Waals surface area contributed by atoms with Crippen molar-refractivity contribution in [3.8, 4) is 0 Å². The van der Waals surface area contributed by atoms with Crippen LogP contribution in [0, 0.1) is 29.6 Å². The van der Waals surface area contributed by atoms with Crippen molar-refractivity contribution >= 4 is 11.9 Å². The highest BCUT2D eigenvalue weighted by atomic mass is 16.6. The smallest absolute Gasteiger partial charge is 0.308 e. The Morgan fingerprint density at radius 1 is 1.19 bits per heavy atom. The molecule has 32 heavy (non-hydrogen) atoms. The zero-order valence-electron chi connectivity index (χ0n) is 20.7. The van der Waals surface area contributed by atoms with Crippen LogP contribution in [-0.2, 0) is 23.8 Å². The summed E-state index contributed by atoms with van der Waals surface area (Å²) in [4.78, 5) is 24.8. The molecular formula is C27H42O5. The van der Waals surface area contributed by atoms with Crippen LogP contribution in [0.4, 0.5) is 0 Å². The van der Waals surface area contributed by atoms with Gasteiger partial charge in [0.05, 0.1) is 24.5 Å². The molecule has 0 amide bonds.